The lowest BCUT2D eigenvalue weighted by molar-refractivity contribution is -0.161. The lowest BCUT2D eigenvalue weighted by Gasteiger charge is -2.21. The molecule has 17 nitrogen and oxygen atoms in total. The van der Waals surface area contributed by atoms with E-state index in [1.165, 1.54) is 167 Å². The summed E-state index contributed by atoms with van der Waals surface area (Å²) in [6, 6.07) is 0. The summed E-state index contributed by atoms with van der Waals surface area (Å²) in [7, 11) is -9.91. The third-order valence-corrected chi connectivity index (χ3v) is 19.9. The van der Waals surface area contributed by atoms with Crippen molar-refractivity contribution in [2.24, 2.45) is 23.7 Å². The topological polar surface area (TPSA) is 237 Å². The highest BCUT2D eigenvalue weighted by atomic mass is 31.2. The number of unbranched alkanes of at least 4 members (excludes halogenated alkanes) is 36. The summed E-state index contributed by atoms with van der Waals surface area (Å²) >= 11 is 0. The van der Waals surface area contributed by atoms with Crippen molar-refractivity contribution >= 4 is 39.5 Å². The predicted octanol–water partition coefficient (Wildman–Crippen LogP) is 21.7. The maximum atomic E-state index is 13.0. The summed E-state index contributed by atoms with van der Waals surface area (Å²) in [6.45, 7) is 14.1. The molecule has 0 saturated carbocycles. The minimum Gasteiger partial charge on any atom is -0.462 e. The smallest absolute Gasteiger partial charge is 0.462 e. The highest BCUT2D eigenvalue weighted by Crippen LogP contribution is 2.45. The van der Waals surface area contributed by atoms with Crippen LogP contribution in [-0.4, -0.2) is 96.7 Å². The van der Waals surface area contributed by atoms with Crippen LogP contribution in [0.4, 0.5) is 0 Å². The van der Waals surface area contributed by atoms with Gasteiger partial charge in [0.05, 0.1) is 26.4 Å². The van der Waals surface area contributed by atoms with Crippen molar-refractivity contribution in [2.75, 3.05) is 39.6 Å². The molecule has 0 spiro atoms. The molecule has 0 saturated heterocycles. The van der Waals surface area contributed by atoms with Gasteiger partial charge < -0.3 is 33.8 Å². The molecule has 0 fully saturated rings. The fraction of sp³-hybridized carbons (Fsp3) is 0.947. The average molecular weight is 1380 g/mol. The van der Waals surface area contributed by atoms with Gasteiger partial charge in [-0.3, -0.25) is 37.3 Å². The molecule has 0 bridgehead atoms. The van der Waals surface area contributed by atoms with E-state index in [4.69, 9.17) is 37.0 Å². The van der Waals surface area contributed by atoms with E-state index in [2.05, 4.69) is 55.4 Å². The predicted molar refractivity (Wildman–Crippen MR) is 381 cm³/mol. The number of ether oxygens (including phenoxy) is 4. The molecule has 0 radical (unpaired) electrons. The van der Waals surface area contributed by atoms with Crippen molar-refractivity contribution in [1.29, 1.82) is 0 Å². The van der Waals surface area contributed by atoms with Crippen LogP contribution in [0.3, 0.4) is 0 Å². The monoisotopic (exact) mass is 1380 g/mol. The lowest BCUT2D eigenvalue weighted by Crippen LogP contribution is -2.30. The molecule has 0 rings (SSSR count). The Labute approximate surface area is 575 Å². The van der Waals surface area contributed by atoms with Gasteiger partial charge in [0, 0.05) is 25.7 Å². The van der Waals surface area contributed by atoms with Gasteiger partial charge in [-0.05, 0) is 49.4 Å². The Bertz CT molecular complexity index is 1850. The van der Waals surface area contributed by atoms with Crippen molar-refractivity contribution in [2.45, 2.75) is 395 Å². The van der Waals surface area contributed by atoms with E-state index in [0.717, 1.165) is 120 Å². The van der Waals surface area contributed by atoms with Crippen LogP contribution in [0.25, 0.3) is 0 Å². The summed E-state index contributed by atoms with van der Waals surface area (Å²) in [5.41, 5.74) is 0. The van der Waals surface area contributed by atoms with Crippen LogP contribution in [0.1, 0.15) is 376 Å². The van der Waals surface area contributed by atoms with Crippen molar-refractivity contribution < 1.29 is 80.2 Å². The quantitative estimate of drug-likeness (QED) is 0.0222. The van der Waals surface area contributed by atoms with Gasteiger partial charge in [-0.15, -0.1) is 0 Å². The summed E-state index contributed by atoms with van der Waals surface area (Å²) in [5, 5.41) is 10.6. The fourth-order valence-electron chi connectivity index (χ4n) is 11.3. The number of carbonyl (C=O) groups excluding carboxylic acids is 4. The van der Waals surface area contributed by atoms with Gasteiger partial charge >= 0.3 is 39.5 Å². The van der Waals surface area contributed by atoms with E-state index in [9.17, 15) is 43.2 Å². The van der Waals surface area contributed by atoms with E-state index < -0.39 is 97.5 Å². The number of hydrogen-bond acceptors (Lipinski definition) is 15. The van der Waals surface area contributed by atoms with Gasteiger partial charge in [-0.25, -0.2) is 9.13 Å². The maximum Gasteiger partial charge on any atom is 0.472 e. The Kier molecular flexibility index (Phi) is 63.1. The standard InChI is InChI=1S/C75H146O17P2/c1-9-67(7)53-45-37-28-24-20-16-12-14-18-22-26-30-42-50-57-74(79)91-70(61-85-72(77)55-47-39-33-31-36-44-52-66(5)6)63-89-93(81,82)87-59-69(76)60-88-94(83,84)90-64-71(62-86-73(78)56-48-40-34-32-38-46-54-68(8)10-2)92-75(80)58-49-41-29-25-21-17-13-11-15-19-23-27-35-43-51-65(3)4/h65-71,76H,9-64H2,1-8H3,(H,81,82)(H,83,84)/t67?,68?,69-,70-,71-/m1/s1. The van der Waals surface area contributed by atoms with Crippen molar-refractivity contribution in [3.8, 4) is 0 Å². The normalized spacial score (nSPS) is 14.7. The molecule has 0 aliphatic rings. The Balaban J connectivity index is 5.20. The number of hydrogen-bond donors (Lipinski definition) is 3. The molecular formula is C75H146O17P2. The van der Waals surface area contributed by atoms with E-state index >= 15 is 0 Å². The molecule has 558 valence electrons. The first-order valence-electron chi connectivity index (χ1n) is 38.8. The SMILES string of the molecule is CCC(C)CCCCCCCCCCCCCCCCC(=O)O[C@H](COC(=O)CCCCCCCCC(C)C)COP(=O)(O)OC[C@@H](O)COP(=O)(O)OC[C@@H](COC(=O)CCCCCCCCC(C)CC)OC(=O)CCCCCCCCCCCCCCCCC(C)C. The first-order chi connectivity index (χ1) is 45.2. The first kappa shape index (κ1) is 92.1. The molecule has 0 aromatic heterocycles. The number of esters is 4. The second-order valence-corrected chi connectivity index (χ2v) is 31.4. The molecule has 0 heterocycles. The second-order valence-electron chi connectivity index (χ2n) is 28.5. The fourth-order valence-corrected chi connectivity index (χ4v) is 12.9. The summed E-state index contributed by atoms with van der Waals surface area (Å²) in [6.07, 6.45) is 48.7. The molecule has 4 unspecified atom stereocenters. The van der Waals surface area contributed by atoms with Crippen molar-refractivity contribution in [3.63, 3.8) is 0 Å². The molecule has 0 aromatic carbocycles. The summed E-state index contributed by atoms with van der Waals surface area (Å²) < 4.78 is 68.4. The van der Waals surface area contributed by atoms with Crippen LogP contribution in [0.15, 0.2) is 0 Å². The zero-order chi connectivity index (χ0) is 69.6. The summed E-state index contributed by atoms with van der Waals surface area (Å²) in [4.78, 5) is 72.7. The first-order valence-corrected chi connectivity index (χ1v) is 41.8. The minimum absolute atomic E-state index is 0.106. The van der Waals surface area contributed by atoms with Crippen LogP contribution < -0.4 is 0 Å². The Morgan fingerprint density at radius 1 is 0.298 bits per heavy atom. The number of rotatable bonds is 72. The van der Waals surface area contributed by atoms with Gasteiger partial charge in [0.15, 0.2) is 12.2 Å². The van der Waals surface area contributed by atoms with E-state index in [-0.39, 0.29) is 25.7 Å². The summed E-state index contributed by atoms with van der Waals surface area (Å²) in [5.74, 6) is 0.926. The third-order valence-electron chi connectivity index (χ3n) is 18.0. The molecule has 0 aliphatic carbocycles. The van der Waals surface area contributed by atoms with Crippen LogP contribution in [0, 0.1) is 23.7 Å². The molecule has 94 heavy (non-hydrogen) atoms. The van der Waals surface area contributed by atoms with Crippen LogP contribution in [0.2, 0.25) is 0 Å². The Hall–Kier alpha value is -1.94. The third kappa shape index (κ3) is 66.0. The molecule has 19 heteroatoms. The van der Waals surface area contributed by atoms with Crippen LogP contribution in [0.5, 0.6) is 0 Å². The maximum absolute atomic E-state index is 13.0. The molecule has 0 aromatic rings. The van der Waals surface area contributed by atoms with E-state index in [1.54, 1.807) is 0 Å². The zero-order valence-electron chi connectivity index (χ0n) is 61.6. The molecule has 0 aliphatic heterocycles. The zero-order valence-corrected chi connectivity index (χ0v) is 63.4. The number of phosphoric acid groups is 2. The minimum atomic E-state index is -4.96. The number of aliphatic hydroxyl groups is 1. The Morgan fingerprint density at radius 3 is 0.755 bits per heavy atom. The largest absolute Gasteiger partial charge is 0.472 e. The van der Waals surface area contributed by atoms with Gasteiger partial charge in [0.1, 0.15) is 19.3 Å². The Morgan fingerprint density at radius 2 is 0.511 bits per heavy atom. The van der Waals surface area contributed by atoms with E-state index in [0.29, 0.717) is 31.6 Å². The number of carbonyl (C=O) groups is 4. The highest BCUT2D eigenvalue weighted by molar-refractivity contribution is 7.47. The van der Waals surface area contributed by atoms with Crippen molar-refractivity contribution in [1.82, 2.24) is 0 Å². The van der Waals surface area contributed by atoms with Gasteiger partial charge in [0.2, 0.25) is 0 Å². The van der Waals surface area contributed by atoms with Gasteiger partial charge in [0.25, 0.3) is 0 Å². The van der Waals surface area contributed by atoms with Crippen molar-refractivity contribution in [3.05, 3.63) is 0 Å². The van der Waals surface area contributed by atoms with E-state index in [1.807, 2.05) is 0 Å². The molecule has 7 atom stereocenters. The number of phosphoric ester groups is 2. The lowest BCUT2D eigenvalue weighted by atomic mass is 9.99. The molecule has 3 N–H and O–H groups in total. The highest BCUT2D eigenvalue weighted by Gasteiger charge is 2.30. The number of aliphatic hydroxyl groups excluding tert-OH is 1. The molecular weight excluding hydrogens is 1230 g/mol. The average Bonchev–Trinajstić information content (AvgIpc) is 2.71. The van der Waals surface area contributed by atoms with Gasteiger partial charge in [-0.2, -0.15) is 0 Å². The van der Waals surface area contributed by atoms with Crippen LogP contribution in [-0.2, 0) is 65.4 Å². The van der Waals surface area contributed by atoms with Crippen LogP contribution >= 0.6 is 15.6 Å². The van der Waals surface area contributed by atoms with Gasteiger partial charge in [-0.1, -0.05) is 325 Å². The molecule has 0 amide bonds. The second kappa shape index (κ2) is 64.4.